The van der Waals surface area contributed by atoms with Gasteiger partial charge >= 0.3 is 0 Å². The number of amides is 1. The fourth-order valence-electron chi connectivity index (χ4n) is 3.35. The zero-order chi connectivity index (χ0) is 20.8. The van der Waals surface area contributed by atoms with E-state index in [9.17, 15) is 4.79 Å². The molecule has 4 rings (SSSR count). The molecule has 1 saturated heterocycles. The lowest BCUT2D eigenvalue weighted by Crippen LogP contribution is -2.46. The van der Waals surface area contributed by atoms with Crippen LogP contribution in [0.15, 0.2) is 58.4 Å². The number of carbonyl (C=O) groups excluding carboxylic acids is 1. The van der Waals surface area contributed by atoms with Gasteiger partial charge in [-0.25, -0.2) is 0 Å². The molecule has 3 heterocycles. The number of nitrogens with one attached hydrogen (secondary N) is 1. The number of aromatic nitrogens is 3. The lowest BCUT2D eigenvalue weighted by Gasteiger charge is -2.36. The quantitative estimate of drug-likeness (QED) is 0.579. The summed E-state index contributed by atoms with van der Waals surface area (Å²) < 4.78 is 5.63. The first-order valence-corrected chi connectivity index (χ1v) is 10.9. The number of benzene rings is 1. The Labute approximate surface area is 179 Å². The van der Waals surface area contributed by atoms with Crippen LogP contribution < -0.4 is 10.2 Å². The van der Waals surface area contributed by atoms with Crippen LogP contribution in [0, 0.1) is 0 Å². The second-order valence-corrected chi connectivity index (χ2v) is 7.81. The summed E-state index contributed by atoms with van der Waals surface area (Å²) in [4.78, 5) is 21.3. The van der Waals surface area contributed by atoms with E-state index in [0.29, 0.717) is 11.1 Å². The van der Waals surface area contributed by atoms with Crippen LogP contribution in [0.3, 0.4) is 0 Å². The Hall–Kier alpha value is -2.91. The normalized spacial score (nSPS) is 14.6. The van der Waals surface area contributed by atoms with Gasteiger partial charge in [0.15, 0.2) is 0 Å². The Balaban J connectivity index is 1.34. The molecule has 0 aliphatic carbocycles. The summed E-state index contributed by atoms with van der Waals surface area (Å²) in [6.07, 6.45) is 3.33. The minimum absolute atomic E-state index is 0.108. The number of nitrogens with zero attached hydrogens (tertiary/aromatic N) is 5. The van der Waals surface area contributed by atoms with Crippen molar-refractivity contribution in [3.63, 3.8) is 0 Å². The first-order valence-electron chi connectivity index (χ1n) is 9.96. The molecule has 0 bridgehead atoms. The predicted molar refractivity (Wildman–Crippen MR) is 118 cm³/mol. The fraction of sp³-hybridized carbons (Fsp3) is 0.333. The zero-order valence-electron chi connectivity index (χ0n) is 16.8. The molecule has 1 aromatic carbocycles. The lowest BCUT2D eigenvalue weighted by atomic mass is 10.2. The third-order valence-electron chi connectivity index (χ3n) is 5.00. The molecule has 1 N–H and O–H groups in total. The van der Waals surface area contributed by atoms with Crippen LogP contribution in [-0.2, 0) is 4.79 Å². The minimum Gasteiger partial charge on any atom is -0.411 e. The molecule has 8 nitrogen and oxygen atoms in total. The molecule has 1 amide bonds. The third kappa shape index (κ3) is 4.98. The van der Waals surface area contributed by atoms with E-state index in [2.05, 4.69) is 43.3 Å². The van der Waals surface area contributed by atoms with Gasteiger partial charge in [-0.05, 0) is 30.8 Å². The second-order valence-electron chi connectivity index (χ2n) is 6.88. The molecule has 0 spiro atoms. The summed E-state index contributed by atoms with van der Waals surface area (Å²) in [5, 5.41) is 11.4. The monoisotopic (exact) mass is 424 g/mol. The number of hydrogen-bond donors (Lipinski definition) is 1. The number of likely N-dealkylation sites (N-methyl/N-ethyl adjacent to an activating group) is 1. The maximum atomic E-state index is 12.5. The highest BCUT2D eigenvalue weighted by molar-refractivity contribution is 7.99. The van der Waals surface area contributed by atoms with Crippen molar-refractivity contribution in [2.45, 2.75) is 12.1 Å². The van der Waals surface area contributed by atoms with Crippen LogP contribution in [0.1, 0.15) is 6.92 Å². The van der Waals surface area contributed by atoms with Gasteiger partial charge in [-0.15, -0.1) is 10.2 Å². The molecular formula is C21H24N6O2S. The lowest BCUT2D eigenvalue weighted by molar-refractivity contribution is -0.113. The van der Waals surface area contributed by atoms with Gasteiger partial charge in [0.25, 0.3) is 5.22 Å². The van der Waals surface area contributed by atoms with Crippen molar-refractivity contribution >= 4 is 29.0 Å². The summed E-state index contributed by atoms with van der Waals surface area (Å²) >= 11 is 1.22. The number of anilines is 2. The van der Waals surface area contributed by atoms with E-state index in [4.69, 9.17) is 4.42 Å². The molecule has 9 heteroatoms. The number of para-hydroxylation sites is 2. The van der Waals surface area contributed by atoms with E-state index in [1.807, 2.05) is 18.2 Å². The Kier molecular flexibility index (Phi) is 6.60. The van der Waals surface area contributed by atoms with E-state index < -0.39 is 0 Å². The molecule has 1 aliphatic rings. The number of hydrogen-bond acceptors (Lipinski definition) is 8. The molecule has 1 fully saturated rings. The van der Waals surface area contributed by atoms with Crippen LogP contribution in [0.5, 0.6) is 0 Å². The maximum Gasteiger partial charge on any atom is 0.277 e. The van der Waals surface area contributed by atoms with Crippen LogP contribution in [0.4, 0.5) is 11.4 Å². The topological polar surface area (TPSA) is 87.4 Å². The van der Waals surface area contributed by atoms with Gasteiger partial charge in [-0.3, -0.25) is 9.78 Å². The smallest absolute Gasteiger partial charge is 0.277 e. The van der Waals surface area contributed by atoms with Crippen molar-refractivity contribution in [2.24, 2.45) is 0 Å². The molecule has 0 saturated carbocycles. The Morgan fingerprint density at radius 2 is 1.87 bits per heavy atom. The molecular weight excluding hydrogens is 400 g/mol. The van der Waals surface area contributed by atoms with Gasteiger partial charge in [-0.2, -0.15) is 0 Å². The van der Waals surface area contributed by atoms with Crippen molar-refractivity contribution in [2.75, 3.05) is 48.7 Å². The van der Waals surface area contributed by atoms with Crippen LogP contribution in [0.25, 0.3) is 11.5 Å². The highest BCUT2D eigenvalue weighted by Crippen LogP contribution is 2.27. The summed E-state index contributed by atoms with van der Waals surface area (Å²) in [5.41, 5.74) is 2.69. The number of piperazine rings is 1. The molecule has 1 aliphatic heterocycles. The van der Waals surface area contributed by atoms with Gasteiger partial charge in [0, 0.05) is 44.1 Å². The summed E-state index contributed by atoms with van der Waals surface area (Å²) in [6, 6.07) is 11.5. The highest BCUT2D eigenvalue weighted by atomic mass is 32.2. The van der Waals surface area contributed by atoms with Crippen molar-refractivity contribution in [3.8, 4) is 11.5 Å². The van der Waals surface area contributed by atoms with Gasteiger partial charge in [0.1, 0.15) is 0 Å². The zero-order valence-corrected chi connectivity index (χ0v) is 17.6. The summed E-state index contributed by atoms with van der Waals surface area (Å²) in [5.74, 6) is 0.496. The van der Waals surface area contributed by atoms with Crippen molar-refractivity contribution in [1.29, 1.82) is 0 Å². The average molecular weight is 425 g/mol. The molecule has 0 radical (unpaired) electrons. The first kappa shape index (κ1) is 20.4. The first-order chi connectivity index (χ1) is 14.7. The molecule has 0 unspecified atom stereocenters. The summed E-state index contributed by atoms with van der Waals surface area (Å²) in [7, 11) is 0. The minimum atomic E-state index is -0.108. The Morgan fingerprint density at radius 1 is 1.10 bits per heavy atom. The highest BCUT2D eigenvalue weighted by Gasteiger charge is 2.19. The van der Waals surface area contributed by atoms with Crippen molar-refractivity contribution in [1.82, 2.24) is 20.1 Å². The van der Waals surface area contributed by atoms with Crippen molar-refractivity contribution < 1.29 is 9.21 Å². The van der Waals surface area contributed by atoms with E-state index in [1.54, 1.807) is 24.5 Å². The largest absolute Gasteiger partial charge is 0.411 e. The van der Waals surface area contributed by atoms with Crippen LogP contribution in [-0.4, -0.2) is 64.5 Å². The molecule has 3 aromatic rings. The van der Waals surface area contributed by atoms with Crippen LogP contribution in [0.2, 0.25) is 0 Å². The predicted octanol–water partition coefficient (Wildman–Crippen LogP) is 3.00. The number of carbonyl (C=O) groups is 1. The second kappa shape index (κ2) is 9.73. The van der Waals surface area contributed by atoms with Gasteiger partial charge in [0.05, 0.1) is 17.1 Å². The number of rotatable bonds is 7. The molecule has 0 atom stereocenters. The number of pyridine rings is 1. The van der Waals surface area contributed by atoms with E-state index in [-0.39, 0.29) is 11.7 Å². The van der Waals surface area contributed by atoms with Crippen LogP contribution >= 0.6 is 11.8 Å². The van der Waals surface area contributed by atoms with Gasteiger partial charge < -0.3 is 19.5 Å². The van der Waals surface area contributed by atoms with E-state index in [0.717, 1.165) is 49.7 Å². The Bertz CT molecular complexity index is 972. The van der Waals surface area contributed by atoms with E-state index >= 15 is 0 Å². The standard InChI is InChI=1S/C21H24N6O2S/c1-2-26-11-13-27(14-12-26)18-6-4-3-5-17(18)23-19(28)15-30-21-25-24-20(29-21)16-7-9-22-10-8-16/h3-10H,2,11-15H2,1H3,(H,23,28). The molecule has 2 aromatic heterocycles. The fourth-order valence-corrected chi connectivity index (χ4v) is 3.92. The SMILES string of the molecule is CCN1CCN(c2ccccc2NC(=O)CSc2nnc(-c3ccncc3)o2)CC1. The molecule has 156 valence electrons. The van der Waals surface area contributed by atoms with E-state index in [1.165, 1.54) is 11.8 Å². The third-order valence-corrected chi connectivity index (χ3v) is 5.82. The average Bonchev–Trinajstić information content (AvgIpc) is 3.28. The van der Waals surface area contributed by atoms with Gasteiger partial charge in [0.2, 0.25) is 11.8 Å². The molecule has 30 heavy (non-hydrogen) atoms. The van der Waals surface area contributed by atoms with Crippen molar-refractivity contribution in [3.05, 3.63) is 48.8 Å². The maximum absolute atomic E-state index is 12.5. The summed E-state index contributed by atoms with van der Waals surface area (Å²) in [6.45, 7) is 7.23. The number of thioether (sulfide) groups is 1. The Morgan fingerprint density at radius 3 is 2.63 bits per heavy atom. The van der Waals surface area contributed by atoms with Gasteiger partial charge in [-0.1, -0.05) is 30.8 Å².